The van der Waals surface area contributed by atoms with Crippen molar-refractivity contribution < 1.29 is 20.8 Å². The maximum atomic E-state index is 4.93. The van der Waals surface area contributed by atoms with Gasteiger partial charge >= 0.3 is 37.9 Å². The van der Waals surface area contributed by atoms with Gasteiger partial charge in [0.05, 0.1) is 0 Å². The summed E-state index contributed by atoms with van der Waals surface area (Å²) in [6.45, 7) is 28.0. The van der Waals surface area contributed by atoms with Gasteiger partial charge in [-0.3, -0.25) is 0 Å². The molecular weight excluding hydrogens is 510 g/mol. The molecular formula is C29H41Cl2Zr-. The van der Waals surface area contributed by atoms with Crippen molar-refractivity contribution in [2.45, 2.75) is 111 Å². The Balaban J connectivity index is 0.00000114. The van der Waals surface area contributed by atoms with Crippen molar-refractivity contribution in [3.8, 4) is 11.1 Å². The van der Waals surface area contributed by atoms with Gasteiger partial charge in [0.15, 0.2) is 0 Å². The van der Waals surface area contributed by atoms with Gasteiger partial charge < -0.3 is 0 Å². The summed E-state index contributed by atoms with van der Waals surface area (Å²) in [6, 6.07) is 11.4. The third-order valence-electron chi connectivity index (χ3n) is 6.23. The number of rotatable bonds is 0. The van der Waals surface area contributed by atoms with Gasteiger partial charge in [0.2, 0.25) is 0 Å². The Morgan fingerprint density at radius 1 is 0.625 bits per heavy atom. The Labute approximate surface area is 216 Å². The molecule has 0 N–H and O–H groups in total. The van der Waals surface area contributed by atoms with Gasteiger partial charge in [-0.15, -0.1) is 16.7 Å². The van der Waals surface area contributed by atoms with Gasteiger partial charge in [0, 0.05) is 0 Å². The summed E-state index contributed by atoms with van der Waals surface area (Å²) in [6.07, 6.45) is 1.01. The summed E-state index contributed by atoms with van der Waals surface area (Å²) in [5, 5.41) is 0. The van der Waals surface area contributed by atoms with Gasteiger partial charge in [-0.2, -0.15) is 17.7 Å². The van der Waals surface area contributed by atoms with E-state index in [2.05, 4.69) is 107 Å². The average molecular weight is 552 g/mol. The van der Waals surface area contributed by atoms with Crippen molar-refractivity contribution in [1.82, 2.24) is 0 Å². The minimum absolute atomic E-state index is 0.0968. The molecule has 2 aromatic rings. The van der Waals surface area contributed by atoms with Crippen LogP contribution in [0.4, 0.5) is 0 Å². The molecule has 0 saturated heterocycles. The summed E-state index contributed by atoms with van der Waals surface area (Å²) < 4.78 is 0. The SMILES string of the molecule is CC(C)(C)c1[c-]c2c(cc1C(C)(C)C)-c1cc(C(C)(C)C)c(C(C)(C)C)cc1C2.[Cl][Zr][Cl]. The second kappa shape index (κ2) is 9.51. The van der Waals surface area contributed by atoms with Gasteiger partial charge in [-0.25, -0.2) is 0 Å². The van der Waals surface area contributed by atoms with Crippen molar-refractivity contribution in [2.75, 3.05) is 0 Å². The molecule has 0 aliphatic heterocycles. The molecule has 32 heavy (non-hydrogen) atoms. The Bertz CT molecular complexity index is 895. The molecule has 3 heteroatoms. The third-order valence-corrected chi connectivity index (χ3v) is 6.23. The Morgan fingerprint density at radius 3 is 1.44 bits per heavy atom. The van der Waals surface area contributed by atoms with E-state index in [1.165, 1.54) is 44.5 Å². The zero-order valence-corrected chi connectivity index (χ0v) is 26.2. The first-order valence-electron chi connectivity index (χ1n) is 11.6. The number of hydrogen-bond acceptors (Lipinski definition) is 0. The molecule has 1 aliphatic carbocycles. The van der Waals surface area contributed by atoms with Crippen molar-refractivity contribution in [3.63, 3.8) is 0 Å². The van der Waals surface area contributed by atoms with Gasteiger partial charge in [0.25, 0.3) is 0 Å². The number of halogens is 2. The van der Waals surface area contributed by atoms with Crippen LogP contribution in [0.2, 0.25) is 0 Å². The summed E-state index contributed by atoms with van der Waals surface area (Å²) in [4.78, 5) is 0. The fraction of sp³-hybridized carbons (Fsp3) is 0.586. The van der Waals surface area contributed by atoms with Crippen LogP contribution in [0.1, 0.15) is 116 Å². The first kappa shape index (κ1) is 28.1. The van der Waals surface area contributed by atoms with E-state index in [4.69, 9.17) is 17.0 Å². The molecule has 3 rings (SSSR count). The van der Waals surface area contributed by atoms with Gasteiger partial charge in [-0.05, 0) is 39.4 Å². The van der Waals surface area contributed by atoms with Crippen molar-refractivity contribution >= 4 is 17.0 Å². The number of hydrogen-bond donors (Lipinski definition) is 0. The predicted octanol–water partition coefficient (Wildman–Crippen LogP) is 9.62. The van der Waals surface area contributed by atoms with Crippen LogP contribution in [0.25, 0.3) is 11.1 Å². The third kappa shape index (κ3) is 6.12. The Kier molecular flexibility index (Phi) is 8.36. The van der Waals surface area contributed by atoms with E-state index < -0.39 is 20.8 Å². The van der Waals surface area contributed by atoms with Crippen LogP contribution in [-0.2, 0) is 48.9 Å². The van der Waals surface area contributed by atoms with E-state index in [0.717, 1.165) is 6.42 Å². The summed E-state index contributed by atoms with van der Waals surface area (Å²) in [7, 11) is 9.87. The Morgan fingerprint density at radius 2 is 1.03 bits per heavy atom. The number of fused-ring (bicyclic) bond motifs is 3. The molecule has 1 aliphatic rings. The minimum atomic E-state index is -0.826. The van der Waals surface area contributed by atoms with Crippen LogP contribution in [0, 0.1) is 6.07 Å². The maximum absolute atomic E-state index is 4.93. The molecule has 0 atom stereocenters. The molecule has 176 valence electrons. The first-order valence-corrected chi connectivity index (χ1v) is 17.9. The van der Waals surface area contributed by atoms with Gasteiger partial charge in [-0.1, -0.05) is 106 Å². The van der Waals surface area contributed by atoms with Crippen LogP contribution >= 0.6 is 17.0 Å². The van der Waals surface area contributed by atoms with Crippen LogP contribution in [-0.4, -0.2) is 0 Å². The fourth-order valence-electron chi connectivity index (χ4n) is 4.62. The van der Waals surface area contributed by atoms with Crippen molar-refractivity contribution in [3.05, 3.63) is 57.6 Å². The number of benzene rings is 2. The van der Waals surface area contributed by atoms with Crippen LogP contribution < -0.4 is 0 Å². The van der Waals surface area contributed by atoms with E-state index in [-0.39, 0.29) is 21.7 Å². The molecule has 0 aromatic heterocycles. The van der Waals surface area contributed by atoms with E-state index in [1.807, 2.05) is 0 Å². The molecule has 0 nitrogen and oxygen atoms in total. The van der Waals surface area contributed by atoms with E-state index >= 15 is 0 Å². The van der Waals surface area contributed by atoms with E-state index in [0.29, 0.717) is 0 Å². The summed E-state index contributed by atoms with van der Waals surface area (Å²) in [5.74, 6) is 0. The van der Waals surface area contributed by atoms with Crippen LogP contribution in [0.3, 0.4) is 0 Å². The van der Waals surface area contributed by atoms with Crippen molar-refractivity contribution in [1.29, 1.82) is 0 Å². The van der Waals surface area contributed by atoms with E-state index in [1.54, 1.807) is 0 Å². The molecule has 0 amide bonds. The monoisotopic (exact) mass is 549 g/mol. The average Bonchev–Trinajstić information content (AvgIpc) is 2.94. The summed E-state index contributed by atoms with van der Waals surface area (Å²) >= 11 is -0.826. The topological polar surface area (TPSA) is 0 Å². The zero-order valence-electron chi connectivity index (χ0n) is 22.2. The standard InChI is InChI=1S/C29H41.2ClH.Zr/c1-26(2,3)22-14-18-13-19-15-23(27(4,5)6)25(29(10,11)12)17-21(19)20(18)16-24(22)28(7,8)9;;;/h14,16-17H,13H2,1-12H3;2*1H;/q-1;;;+2/p-2. The molecule has 0 saturated carbocycles. The van der Waals surface area contributed by atoms with Gasteiger partial charge in [0.1, 0.15) is 0 Å². The zero-order chi connectivity index (χ0) is 24.9. The normalized spacial score (nSPS) is 13.8. The molecule has 0 fully saturated rings. The van der Waals surface area contributed by atoms with Crippen LogP contribution in [0.5, 0.6) is 0 Å². The Hall–Kier alpha value is -0.0969. The fourth-order valence-corrected chi connectivity index (χ4v) is 4.62. The molecule has 0 heterocycles. The van der Waals surface area contributed by atoms with Crippen molar-refractivity contribution in [2.24, 2.45) is 0 Å². The van der Waals surface area contributed by atoms with E-state index in [9.17, 15) is 0 Å². The predicted molar refractivity (Wildman–Crippen MR) is 140 cm³/mol. The quantitative estimate of drug-likeness (QED) is 0.244. The second-order valence-electron chi connectivity index (χ2n) is 13.3. The molecule has 0 unspecified atom stereocenters. The molecule has 0 bridgehead atoms. The second-order valence-corrected chi connectivity index (χ2v) is 17.0. The van der Waals surface area contributed by atoms with Crippen LogP contribution in [0.15, 0.2) is 18.2 Å². The molecule has 2 aromatic carbocycles. The summed E-state index contributed by atoms with van der Waals surface area (Å²) in [5.41, 5.74) is 11.9. The molecule has 0 radical (unpaired) electrons. The first-order chi connectivity index (χ1) is 14.3. The molecule has 0 spiro atoms.